The minimum atomic E-state index is 0.314. The van der Waals surface area contributed by atoms with Crippen molar-refractivity contribution in [1.82, 2.24) is 9.97 Å². The summed E-state index contributed by atoms with van der Waals surface area (Å²) in [7, 11) is 0. The molecule has 0 aliphatic heterocycles. The van der Waals surface area contributed by atoms with E-state index in [4.69, 9.17) is 10.7 Å². The molecule has 1 aromatic heterocycles. The van der Waals surface area contributed by atoms with Crippen molar-refractivity contribution >= 4 is 11.4 Å². The molecule has 3 rings (SSSR count). The first-order valence-electron chi connectivity index (χ1n) is 6.67. The second-order valence-electron chi connectivity index (χ2n) is 4.86. The van der Waals surface area contributed by atoms with E-state index in [1.54, 1.807) is 0 Å². The molecule has 1 unspecified atom stereocenters. The lowest BCUT2D eigenvalue weighted by atomic mass is 9.96. The number of anilines is 1. The van der Waals surface area contributed by atoms with E-state index in [9.17, 15) is 0 Å². The van der Waals surface area contributed by atoms with Crippen molar-refractivity contribution in [3.8, 4) is 0 Å². The Hall–Kier alpha value is -2.16. The van der Waals surface area contributed by atoms with Gasteiger partial charge < -0.3 is 5.73 Å². The Labute approximate surface area is 113 Å². The van der Waals surface area contributed by atoms with Gasteiger partial charge in [0, 0.05) is 12.0 Å². The highest BCUT2D eigenvalue weighted by molar-refractivity contribution is 5.64. The third-order valence-electron chi connectivity index (χ3n) is 3.43. The Balaban J connectivity index is 1.96. The molecular weight excluding hydrogens is 234 g/mol. The lowest BCUT2D eigenvalue weighted by Crippen LogP contribution is -2.07. The highest BCUT2D eigenvalue weighted by Gasteiger charge is 2.14. The van der Waals surface area contributed by atoms with Crippen LogP contribution in [0.25, 0.3) is 5.57 Å². The fraction of sp³-hybridized carbons (Fsp3) is 0.250. The van der Waals surface area contributed by atoms with Gasteiger partial charge in [0.2, 0.25) is 0 Å². The average molecular weight is 251 g/mol. The lowest BCUT2D eigenvalue weighted by Gasteiger charge is -2.15. The molecule has 96 valence electrons. The third-order valence-corrected chi connectivity index (χ3v) is 3.43. The predicted molar refractivity (Wildman–Crippen MR) is 78.4 cm³/mol. The summed E-state index contributed by atoms with van der Waals surface area (Å²) in [5.74, 6) is 1.65. The Morgan fingerprint density at radius 1 is 1.11 bits per heavy atom. The van der Waals surface area contributed by atoms with Crippen LogP contribution in [0, 0.1) is 0 Å². The maximum absolute atomic E-state index is 5.93. The van der Waals surface area contributed by atoms with Crippen LogP contribution in [0.3, 0.4) is 0 Å². The van der Waals surface area contributed by atoms with Crippen LogP contribution >= 0.6 is 0 Å². The van der Waals surface area contributed by atoms with Gasteiger partial charge in [0.25, 0.3) is 0 Å². The molecule has 3 nitrogen and oxygen atoms in total. The van der Waals surface area contributed by atoms with Gasteiger partial charge >= 0.3 is 0 Å². The fourth-order valence-corrected chi connectivity index (χ4v) is 2.41. The van der Waals surface area contributed by atoms with Crippen LogP contribution in [-0.2, 0) is 0 Å². The van der Waals surface area contributed by atoms with Crippen molar-refractivity contribution < 1.29 is 0 Å². The first-order chi connectivity index (χ1) is 9.33. The molecular formula is C16H17N3. The number of nitrogens with zero attached hydrogens (tertiary/aromatic N) is 2. The van der Waals surface area contributed by atoms with E-state index in [0.717, 1.165) is 30.8 Å². The SMILES string of the molecule is Nc1cc(C2C=CC=CC2)nc(C2=CC=CCC2)n1. The highest BCUT2D eigenvalue weighted by atomic mass is 14.9. The van der Waals surface area contributed by atoms with E-state index in [1.807, 2.05) is 6.07 Å². The van der Waals surface area contributed by atoms with Gasteiger partial charge in [-0.05, 0) is 24.8 Å². The molecule has 19 heavy (non-hydrogen) atoms. The molecule has 0 bridgehead atoms. The van der Waals surface area contributed by atoms with Gasteiger partial charge in [0.05, 0.1) is 5.69 Å². The second kappa shape index (κ2) is 5.22. The van der Waals surface area contributed by atoms with Crippen LogP contribution in [0.4, 0.5) is 5.82 Å². The molecule has 1 aromatic rings. The second-order valence-corrected chi connectivity index (χ2v) is 4.86. The molecule has 0 saturated heterocycles. The molecule has 0 fully saturated rings. The quantitative estimate of drug-likeness (QED) is 0.876. The Kier molecular flexibility index (Phi) is 3.27. The topological polar surface area (TPSA) is 51.8 Å². The molecule has 0 spiro atoms. The van der Waals surface area contributed by atoms with Gasteiger partial charge in [-0.1, -0.05) is 42.5 Å². The monoisotopic (exact) mass is 251 g/mol. The number of nitrogen functional groups attached to an aromatic ring is 1. The molecule has 0 aromatic carbocycles. The summed E-state index contributed by atoms with van der Waals surface area (Å²) in [4.78, 5) is 9.08. The van der Waals surface area contributed by atoms with Crippen LogP contribution in [0.15, 0.2) is 48.6 Å². The first-order valence-corrected chi connectivity index (χ1v) is 6.67. The zero-order chi connectivity index (χ0) is 13.1. The van der Waals surface area contributed by atoms with Gasteiger partial charge in [0.1, 0.15) is 5.82 Å². The van der Waals surface area contributed by atoms with E-state index in [0.29, 0.717) is 11.7 Å². The molecule has 0 radical (unpaired) electrons. The van der Waals surface area contributed by atoms with Crippen molar-refractivity contribution in [1.29, 1.82) is 0 Å². The summed E-state index contributed by atoms with van der Waals surface area (Å²) in [5.41, 5.74) is 8.12. The van der Waals surface area contributed by atoms with Gasteiger partial charge in [-0.15, -0.1) is 0 Å². The summed E-state index contributed by atoms with van der Waals surface area (Å²) < 4.78 is 0. The number of aromatic nitrogens is 2. The molecule has 2 aliphatic carbocycles. The average Bonchev–Trinajstić information content (AvgIpc) is 2.48. The maximum Gasteiger partial charge on any atom is 0.157 e. The highest BCUT2D eigenvalue weighted by Crippen LogP contribution is 2.27. The molecule has 2 N–H and O–H groups in total. The van der Waals surface area contributed by atoms with Crippen molar-refractivity contribution in [3.05, 3.63) is 60.1 Å². The van der Waals surface area contributed by atoms with E-state index >= 15 is 0 Å². The Bertz CT molecular complexity index is 594. The predicted octanol–water partition coefficient (Wildman–Crippen LogP) is 3.39. The number of hydrogen-bond acceptors (Lipinski definition) is 3. The molecule has 1 heterocycles. The van der Waals surface area contributed by atoms with Gasteiger partial charge in [-0.25, -0.2) is 9.97 Å². The van der Waals surface area contributed by atoms with Crippen LogP contribution in [0.1, 0.15) is 36.7 Å². The van der Waals surface area contributed by atoms with Gasteiger partial charge in [-0.3, -0.25) is 0 Å². The van der Waals surface area contributed by atoms with Crippen LogP contribution in [0.2, 0.25) is 0 Å². The summed E-state index contributed by atoms with van der Waals surface area (Å²) in [6.45, 7) is 0. The number of hydrogen-bond donors (Lipinski definition) is 1. The van der Waals surface area contributed by atoms with Gasteiger partial charge in [0.15, 0.2) is 5.82 Å². The minimum Gasteiger partial charge on any atom is -0.384 e. The summed E-state index contributed by atoms with van der Waals surface area (Å²) in [6.07, 6.45) is 17.8. The van der Waals surface area contributed by atoms with E-state index in [-0.39, 0.29) is 0 Å². The number of allylic oxidation sites excluding steroid dienone is 8. The summed E-state index contributed by atoms with van der Waals surface area (Å²) >= 11 is 0. The van der Waals surface area contributed by atoms with E-state index in [1.165, 1.54) is 5.57 Å². The largest absolute Gasteiger partial charge is 0.384 e. The molecule has 2 aliphatic rings. The van der Waals surface area contributed by atoms with Crippen molar-refractivity contribution in [2.24, 2.45) is 0 Å². The number of nitrogens with two attached hydrogens (primary N) is 1. The first kappa shape index (κ1) is 11.9. The van der Waals surface area contributed by atoms with Crippen molar-refractivity contribution in [2.45, 2.75) is 25.2 Å². The Morgan fingerprint density at radius 2 is 2.05 bits per heavy atom. The standard InChI is InChI=1S/C16H17N3/c17-15-11-14(12-7-3-1-4-8-12)18-16(19-15)13-9-5-2-6-10-13/h1-5,7,9,11-12H,6,8,10H2,(H2,17,18,19). The molecule has 0 saturated carbocycles. The molecule has 0 amide bonds. The normalized spacial score (nSPS) is 21.5. The summed E-state index contributed by atoms with van der Waals surface area (Å²) in [6, 6.07) is 1.89. The number of rotatable bonds is 2. The van der Waals surface area contributed by atoms with Crippen LogP contribution < -0.4 is 5.73 Å². The van der Waals surface area contributed by atoms with E-state index < -0.39 is 0 Å². The minimum absolute atomic E-state index is 0.314. The summed E-state index contributed by atoms with van der Waals surface area (Å²) in [5, 5.41) is 0. The lowest BCUT2D eigenvalue weighted by molar-refractivity contribution is 0.803. The zero-order valence-electron chi connectivity index (χ0n) is 10.8. The Morgan fingerprint density at radius 3 is 2.79 bits per heavy atom. The maximum atomic E-state index is 5.93. The fourth-order valence-electron chi connectivity index (χ4n) is 2.41. The molecule has 3 heteroatoms. The smallest absolute Gasteiger partial charge is 0.157 e. The van der Waals surface area contributed by atoms with E-state index in [2.05, 4.69) is 47.5 Å². The molecule has 1 atom stereocenters. The van der Waals surface area contributed by atoms with Crippen LogP contribution in [-0.4, -0.2) is 9.97 Å². The van der Waals surface area contributed by atoms with Crippen molar-refractivity contribution in [3.63, 3.8) is 0 Å². The van der Waals surface area contributed by atoms with Crippen molar-refractivity contribution in [2.75, 3.05) is 5.73 Å². The zero-order valence-corrected chi connectivity index (χ0v) is 10.8. The van der Waals surface area contributed by atoms with Gasteiger partial charge in [-0.2, -0.15) is 0 Å². The third kappa shape index (κ3) is 2.65. The van der Waals surface area contributed by atoms with Crippen LogP contribution in [0.5, 0.6) is 0 Å².